The van der Waals surface area contributed by atoms with Crippen LogP contribution in [0.5, 0.6) is 0 Å². The maximum atomic E-state index is 12.7. The highest BCUT2D eigenvalue weighted by Crippen LogP contribution is 2.32. The van der Waals surface area contributed by atoms with Gasteiger partial charge >= 0.3 is 12.1 Å². The molecule has 4 amide bonds. The monoisotopic (exact) mass is 430 g/mol. The molecule has 1 aromatic rings. The van der Waals surface area contributed by atoms with Crippen LogP contribution in [-0.4, -0.2) is 64.9 Å². The van der Waals surface area contributed by atoms with Gasteiger partial charge in [-0.2, -0.15) is 13.2 Å². The molecule has 0 aliphatic carbocycles. The Hall–Kier alpha value is -3.48. The van der Waals surface area contributed by atoms with Crippen LogP contribution in [0.25, 0.3) is 0 Å². The smallest absolute Gasteiger partial charge is 0.475 e. The molecular weight excluding hydrogens is 413 g/mol. The topological polar surface area (TPSA) is 159 Å². The number of amides is 4. The number of nitrogens with one attached hydrogen (secondary N) is 2. The molecule has 1 atom stereocenters. The van der Waals surface area contributed by atoms with E-state index in [1.807, 2.05) is 0 Å². The molecule has 162 valence electrons. The van der Waals surface area contributed by atoms with Gasteiger partial charge in [-0.05, 0) is 18.6 Å². The standard InChI is InChI=1S/C15H16N4O4.C2HF3O2/c16-6-7-17-9-3-1-2-8-12(9)15(23)19(14(8)22)10-4-5-11(20)18-13(10)21;3-2(4,5)1(6)7/h1-3,10,17H,4-7,16H2,(H,18,20,21);(H,6,7). The molecule has 2 heterocycles. The quantitative estimate of drug-likeness (QED) is 0.489. The summed E-state index contributed by atoms with van der Waals surface area (Å²) in [5.74, 6) is -4.82. The van der Waals surface area contributed by atoms with Crippen LogP contribution in [0, 0.1) is 0 Å². The summed E-state index contributed by atoms with van der Waals surface area (Å²) in [5.41, 5.74) is 6.46. The molecule has 0 aromatic heterocycles. The van der Waals surface area contributed by atoms with E-state index in [0.717, 1.165) is 4.90 Å². The highest BCUT2D eigenvalue weighted by atomic mass is 19.4. The van der Waals surface area contributed by atoms with Crippen molar-refractivity contribution in [2.75, 3.05) is 18.4 Å². The van der Waals surface area contributed by atoms with Crippen LogP contribution in [0.1, 0.15) is 33.6 Å². The molecule has 13 heteroatoms. The summed E-state index contributed by atoms with van der Waals surface area (Å²) in [7, 11) is 0. The number of aliphatic carboxylic acids is 1. The van der Waals surface area contributed by atoms with Crippen molar-refractivity contribution in [1.29, 1.82) is 0 Å². The number of rotatable bonds is 4. The number of hydrogen-bond donors (Lipinski definition) is 4. The number of hydrogen-bond acceptors (Lipinski definition) is 7. The lowest BCUT2D eigenvalue weighted by Crippen LogP contribution is -2.54. The van der Waals surface area contributed by atoms with Gasteiger partial charge in [-0.15, -0.1) is 0 Å². The molecule has 1 aromatic carbocycles. The van der Waals surface area contributed by atoms with E-state index in [1.165, 1.54) is 0 Å². The second-order valence-corrected chi connectivity index (χ2v) is 6.19. The lowest BCUT2D eigenvalue weighted by Gasteiger charge is -2.27. The number of anilines is 1. The summed E-state index contributed by atoms with van der Waals surface area (Å²) in [6, 6.07) is 3.95. The average molecular weight is 430 g/mol. The lowest BCUT2D eigenvalue weighted by molar-refractivity contribution is -0.192. The zero-order valence-corrected chi connectivity index (χ0v) is 15.3. The van der Waals surface area contributed by atoms with Gasteiger partial charge in [0.15, 0.2) is 0 Å². The molecule has 0 bridgehead atoms. The predicted octanol–water partition coefficient (Wildman–Crippen LogP) is 0.0917. The van der Waals surface area contributed by atoms with Crippen molar-refractivity contribution in [2.45, 2.75) is 25.1 Å². The fraction of sp³-hybridized carbons (Fsp3) is 0.353. The summed E-state index contributed by atoms with van der Waals surface area (Å²) in [4.78, 5) is 58.3. The number of carbonyl (C=O) groups excluding carboxylic acids is 4. The van der Waals surface area contributed by atoms with E-state index in [1.54, 1.807) is 18.2 Å². The van der Waals surface area contributed by atoms with Crippen LogP contribution >= 0.6 is 0 Å². The molecule has 0 saturated carbocycles. The number of halogens is 3. The summed E-state index contributed by atoms with van der Waals surface area (Å²) >= 11 is 0. The number of piperidine rings is 1. The molecule has 2 aliphatic rings. The minimum Gasteiger partial charge on any atom is -0.475 e. The van der Waals surface area contributed by atoms with Gasteiger partial charge in [0, 0.05) is 25.2 Å². The van der Waals surface area contributed by atoms with Crippen molar-refractivity contribution in [3.05, 3.63) is 29.3 Å². The van der Waals surface area contributed by atoms with Crippen molar-refractivity contribution >= 4 is 35.3 Å². The van der Waals surface area contributed by atoms with Gasteiger partial charge in [0.2, 0.25) is 11.8 Å². The third-order valence-corrected chi connectivity index (χ3v) is 4.17. The number of imide groups is 2. The molecule has 5 N–H and O–H groups in total. The molecule has 2 aliphatic heterocycles. The summed E-state index contributed by atoms with van der Waals surface area (Å²) in [6.07, 6.45) is -4.84. The van der Waals surface area contributed by atoms with Gasteiger partial charge in [-0.25, -0.2) is 4.79 Å². The predicted molar refractivity (Wildman–Crippen MR) is 94.3 cm³/mol. The van der Waals surface area contributed by atoms with E-state index in [9.17, 15) is 32.3 Å². The Labute approximate surface area is 167 Å². The zero-order chi connectivity index (χ0) is 22.6. The highest BCUT2D eigenvalue weighted by Gasteiger charge is 2.45. The first-order chi connectivity index (χ1) is 14.0. The summed E-state index contributed by atoms with van der Waals surface area (Å²) < 4.78 is 31.7. The fourth-order valence-electron chi connectivity index (χ4n) is 2.87. The van der Waals surface area contributed by atoms with Gasteiger partial charge < -0.3 is 16.2 Å². The van der Waals surface area contributed by atoms with Crippen LogP contribution in [0.3, 0.4) is 0 Å². The van der Waals surface area contributed by atoms with Crippen LogP contribution in [0.2, 0.25) is 0 Å². The third kappa shape index (κ3) is 4.74. The van der Waals surface area contributed by atoms with Crippen molar-refractivity contribution in [1.82, 2.24) is 10.2 Å². The highest BCUT2D eigenvalue weighted by molar-refractivity contribution is 6.25. The Bertz CT molecular complexity index is 902. The second kappa shape index (κ2) is 8.90. The minimum atomic E-state index is -5.08. The number of carboxylic acids is 1. The van der Waals surface area contributed by atoms with E-state index in [-0.39, 0.29) is 24.0 Å². The maximum absolute atomic E-state index is 12.7. The first-order valence-corrected chi connectivity index (χ1v) is 8.57. The molecule has 1 fully saturated rings. The minimum absolute atomic E-state index is 0.0993. The molecule has 30 heavy (non-hydrogen) atoms. The Balaban J connectivity index is 0.000000396. The normalized spacial score (nSPS) is 18.4. The van der Waals surface area contributed by atoms with E-state index < -0.39 is 41.8 Å². The first kappa shape index (κ1) is 22.8. The van der Waals surface area contributed by atoms with Gasteiger partial charge in [0.25, 0.3) is 11.8 Å². The Morgan fingerprint density at radius 3 is 2.40 bits per heavy atom. The lowest BCUT2D eigenvalue weighted by atomic mass is 10.0. The number of fused-ring (bicyclic) bond motifs is 1. The number of nitrogens with two attached hydrogens (primary N) is 1. The summed E-state index contributed by atoms with van der Waals surface area (Å²) in [5, 5.41) is 12.3. The van der Waals surface area contributed by atoms with Crippen molar-refractivity contribution < 1.29 is 42.3 Å². The molecule has 10 nitrogen and oxygen atoms in total. The molecular formula is C17H17F3N4O6. The zero-order valence-electron chi connectivity index (χ0n) is 15.3. The molecule has 1 saturated heterocycles. The van der Waals surface area contributed by atoms with Gasteiger partial charge in [-0.1, -0.05) is 6.07 Å². The molecule has 0 radical (unpaired) electrons. The Kier molecular flexibility index (Phi) is 6.77. The average Bonchev–Trinajstić information content (AvgIpc) is 2.91. The number of carbonyl (C=O) groups is 5. The maximum Gasteiger partial charge on any atom is 0.490 e. The van der Waals surface area contributed by atoms with E-state index >= 15 is 0 Å². The van der Waals surface area contributed by atoms with E-state index in [2.05, 4.69) is 10.6 Å². The van der Waals surface area contributed by atoms with Crippen molar-refractivity contribution in [2.24, 2.45) is 5.73 Å². The van der Waals surface area contributed by atoms with Gasteiger partial charge in [0.05, 0.1) is 11.1 Å². The SMILES string of the molecule is NCCNc1cccc2c1C(=O)N(C1CCC(=O)NC1=O)C2=O.O=C(O)C(F)(F)F. The van der Waals surface area contributed by atoms with Crippen molar-refractivity contribution in [3.63, 3.8) is 0 Å². The third-order valence-electron chi connectivity index (χ3n) is 4.17. The van der Waals surface area contributed by atoms with Crippen LogP contribution in [-0.2, 0) is 14.4 Å². The Morgan fingerprint density at radius 1 is 1.23 bits per heavy atom. The number of benzene rings is 1. The molecule has 3 rings (SSSR count). The van der Waals surface area contributed by atoms with Crippen LogP contribution < -0.4 is 16.4 Å². The first-order valence-electron chi connectivity index (χ1n) is 8.57. The van der Waals surface area contributed by atoms with Gasteiger partial charge in [-0.3, -0.25) is 29.4 Å². The van der Waals surface area contributed by atoms with E-state index in [4.69, 9.17) is 15.6 Å². The summed E-state index contributed by atoms with van der Waals surface area (Å²) in [6.45, 7) is 0.832. The molecule has 1 unspecified atom stereocenters. The number of nitrogens with zero attached hydrogens (tertiary/aromatic N) is 1. The van der Waals surface area contributed by atoms with Crippen LogP contribution in [0.4, 0.5) is 18.9 Å². The Morgan fingerprint density at radius 2 is 1.87 bits per heavy atom. The molecule has 0 spiro atoms. The van der Waals surface area contributed by atoms with Crippen LogP contribution in [0.15, 0.2) is 18.2 Å². The van der Waals surface area contributed by atoms with Gasteiger partial charge in [0.1, 0.15) is 6.04 Å². The van der Waals surface area contributed by atoms with E-state index in [0.29, 0.717) is 18.8 Å². The second-order valence-electron chi connectivity index (χ2n) is 6.19. The fourth-order valence-corrected chi connectivity index (χ4v) is 2.87. The largest absolute Gasteiger partial charge is 0.490 e. The number of alkyl halides is 3. The number of carboxylic acid groups (broad SMARTS) is 1. The van der Waals surface area contributed by atoms with Crippen molar-refractivity contribution in [3.8, 4) is 0 Å².